The van der Waals surface area contributed by atoms with E-state index in [2.05, 4.69) is 22.8 Å². The predicted molar refractivity (Wildman–Crippen MR) is 134 cm³/mol. The molecule has 2 aliphatic carbocycles. The summed E-state index contributed by atoms with van der Waals surface area (Å²) in [6.07, 6.45) is 3.91. The van der Waals surface area contributed by atoms with Crippen molar-refractivity contribution in [3.8, 4) is 0 Å². The minimum atomic E-state index is -0.241. The number of fused-ring (bicyclic) bond motifs is 6. The molecule has 4 nitrogen and oxygen atoms in total. The van der Waals surface area contributed by atoms with Crippen molar-refractivity contribution >= 4 is 69.2 Å². The second kappa shape index (κ2) is 8.20. The number of anilines is 1. The molecule has 1 N–H and O–H groups in total. The fourth-order valence-corrected chi connectivity index (χ4v) is 10.2. The molecule has 2 bridgehead atoms. The molecule has 3 heterocycles. The van der Waals surface area contributed by atoms with Crippen molar-refractivity contribution in [2.75, 3.05) is 5.32 Å². The minimum Gasteiger partial charge on any atom is -0.324 e. The topological polar surface area (TPSA) is 51.1 Å². The number of nitrogens with one attached hydrogen (secondary N) is 1. The SMILES string of the molecule is O=C(Cn1c2c(sc1=O)[C@@H](c1cccs1)C1C3CCC(C3)C1S2)Nc1ccc(Cl)c(Cl)c1. The summed E-state index contributed by atoms with van der Waals surface area (Å²) in [5, 5.41) is 7.32. The summed E-state index contributed by atoms with van der Waals surface area (Å²) in [6, 6.07) is 9.29. The lowest BCUT2D eigenvalue weighted by Gasteiger charge is -2.40. The maximum Gasteiger partial charge on any atom is 0.308 e. The van der Waals surface area contributed by atoms with Crippen molar-refractivity contribution in [2.24, 2.45) is 17.8 Å². The molecular formula is C23H20Cl2N2O2S3. The third-order valence-corrected chi connectivity index (χ3v) is 11.6. The van der Waals surface area contributed by atoms with Gasteiger partial charge in [-0.1, -0.05) is 40.6 Å². The second-order valence-electron chi connectivity index (χ2n) is 8.79. The van der Waals surface area contributed by atoms with Gasteiger partial charge in [-0.25, -0.2) is 0 Å². The average molecular weight is 524 g/mol. The molecule has 1 aliphatic heterocycles. The van der Waals surface area contributed by atoms with Crippen LogP contribution in [0.3, 0.4) is 0 Å². The molecule has 2 aromatic heterocycles. The van der Waals surface area contributed by atoms with Gasteiger partial charge in [0.1, 0.15) is 6.54 Å². The number of carbonyl (C=O) groups is 1. The molecule has 166 valence electrons. The zero-order valence-corrected chi connectivity index (χ0v) is 20.9. The van der Waals surface area contributed by atoms with Crippen LogP contribution in [0.25, 0.3) is 0 Å². The smallest absolute Gasteiger partial charge is 0.308 e. The molecule has 2 saturated carbocycles. The summed E-state index contributed by atoms with van der Waals surface area (Å²) >= 11 is 17.0. The monoisotopic (exact) mass is 522 g/mol. The highest BCUT2D eigenvalue weighted by molar-refractivity contribution is 8.00. The number of aromatic nitrogens is 1. The number of carbonyl (C=O) groups excluding carboxylic acids is 1. The molecule has 9 heteroatoms. The van der Waals surface area contributed by atoms with Gasteiger partial charge in [-0.2, -0.15) is 0 Å². The minimum absolute atomic E-state index is 0.000550. The van der Waals surface area contributed by atoms with Crippen LogP contribution in [0.1, 0.15) is 34.9 Å². The standard InChI is InChI=1S/C23H20Cl2N2O2S3/c24-14-6-5-13(9-15(14)25)26-17(28)10-27-22-21(32-23(27)29)19(16-2-1-7-30-16)18-11-3-4-12(8-11)20(18)31-22/h1-2,5-7,9,11-12,18-20H,3-4,8,10H2,(H,26,28)/t11?,12?,18?,19-,20?/m0/s1. The van der Waals surface area contributed by atoms with Crippen molar-refractivity contribution in [3.63, 3.8) is 0 Å². The highest BCUT2D eigenvalue weighted by Crippen LogP contribution is 2.64. The lowest BCUT2D eigenvalue weighted by atomic mass is 9.77. The van der Waals surface area contributed by atoms with Gasteiger partial charge < -0.3 is 5.32 Å². The number of thioether (sulfide) groups is 1. The number of halogens is 2. The first kappa shape index (κ1) is 21.3. The summed E-state index contributed by atoms with van der Waals surface area (Å²) in [5.41, 5.74) is 0.568. The average Bonchev–Trinajstić information content (AvgIpc) is 3.55. The maximum atomic E-state index is 13.1. The largest absolute Gasteiger partial charge is 0.324 e. The third kappa shape index (κ3) is 3.48. The molecule has 6 rings (SSSR count). The second-order valence-corrected chi connectivity index (χ2v) is 12.7. The summed E-state index contributed by atoms with van der Waals surface area (Å²) < 4.78 is 1.68. The molecule has 0 radical (unpaired) electrons. The van der Waals surface area contributed by atoms with Crippen LogP contribution in [-0.4, -0.2) is 15.7 Å². The quantitative estimate of drug-likeness (QED) is 0.421. The van der Waals surface area contributed by atoms with E-state index in [4.69, 9.17) is 23.2 Å². The van der Waals surface area contributed by atoms with Crippen LogP contribution in [-0.2, 0) is 11.3 Å². The number of benzene rings is 1. The maximum absolute atomic E-state index is 13.1. The Morgan fingerprint density at radius 2 is 2.00 bits per heavy atom. The van der Waals surface area contributed by atoms with Crippen LogP contribution < -0.4 is 10.2 Å². The lowest BCUT2D eigenvalue weighted by molar-refractivity contribution is -0.116. The summed E-state index contributed by atoms with van der Waals surface area (Å²) in [5.74, 6) is 2.11. The van der Waals surface area contributed by atoms with E-state index in [1.807, 2.05) is 11.8 Å². The van der Waals surface area contributed by atoms with Gasteiger partial charge >= 0.3 is 4.87 Å². The van der Waals surface area contributed by atoms with Gasteiger partial charge in [0, 0.05) is 26.6 Å². The van der Waals surface area contributed by atoms with Crippen molar-refractivity contribution in [1.82, 2.24) is 4.57 Å². The zero-order chi connectivity index (χ0) is 22.0. The van der Waals surface area contributed by atoms with Crippen LogP contribution in [0.5, 0.6) is 0 Å². The third-order valence-electron chi connectivity index (χ3n) is 7.05. The van der Waals surface area contributed by atoms with Gasteiger partial charge in [-0.3, -0.25) is 14.2 Å². The molecule has 1 aromatic carbocycles. The molecule has 0 spiro atoms. The molecule has 2 fully saturated rings. The van der Waals surface area contributed by atoms with E-state index in [9.17, 15) is 9.59 Å². The van der Waals surface area contributed by atoms with Gasteiger partial charge in [0.2, 0.25) is 5.91 Å². The number of hydrogen-bond donors (Lipinski definition) is 1. The molecule has 5 atom stereocenters. The highest BCUT2D eigenvalue weighted by atomic mass is 35.5. The summed E-state index contributed by atoms with van der Waals surface area (Å²) in [7, 11) is 0. The number of hydrogen-bond acceptors (Lipinski definition) is 5. The Bertz CT molecular complexity index is 1250. The number of rotatable bonds is 4. The van der Waals surface area contributed by atoms with Crippen molar-refractivity contribution in [3.05, 3.63) is 65.2 Å². The molecule has 1 amide bonds. The summed E-state index contributed by atoms with van der Waals surface area (Å²) in [4.78, 5) is 28.3. The van der Waals surface area contributed by atoms with E-state index in [0.29, 0.717) is 26.9 Å². The molecule has 4 unspecified atom stereocenters. The Labute approximate surface area is 207 Å². The number of thiazole rings is 1. The Morgan fingerprint density at radius 3 is 2.78 bits per heavy atom. The Kier molecular flexibility index (Phi) is 5.46. The normalized spacial score (nSPS) is 27.9. The van der Waals surface area contributed by atoms with E-state index < -0.39 is 0 Å². The van der Waals surface area contributed by atoms with Crippen molar-refractivity contribution < 1.29 is 4.79 Å². The van der Waals surface area contributed by atoms with Gasteiger partial charge in [0.15, 0.2) is 0 Å². The van der Waals surface area contributed by atoms with Crippen LogP contribution >= 0.6 is 57.6 Å². The molecule has 32 heavy (non-hydrogen) atoms. The fourth-order valence-electron chi connectivity index (χ4n) is 5.79. The Morgan fingerprint density at radius 1 is 1.16 bits per heavy atom. The van der Waals surface area contributed by atoms with E-state index >= 15 is 0 Å². The van der Waals surface area contributed by atoms with Crippen LogP contribution in [0.15, 0.2) is 45.5 Å². The summed E-state index contributed by atoms with van der Waals surface area (Å²) in [6.45, 7) is 0.000550. The van der Waals surface area contributed by atoms with E-state index in [1.54, 1.807) is 34.1 Å². The van der Waals surface area contributed by atoms with Crippen LogP contribution in [0.2, 0.25) is 10.0 Å². The van der Waals surface area contributed by atoms with Crippen molar-refractivity contribution in [2.45, 2.75) is 42.0 Å². The van der Waals surface area contributed by atoms with Crippen molar-refractivity contribution in [1.29, 1.82) is 0 Å². The first-order valence-electron chi connectivity index (χ1n) is 10.7. The lowest BCUT2D eigenvalue weighted by Crippen LogP contribution is -2.34. The number of thiophene rings is 1. The van der Waals surface area contributed by atoms with E-state index in [0.717, 1.165) is 21.7 Å². The Hall–Kier alpha value is -1.25. The van der Waals surface area contributed by atoms with E-state index in [1.165, 1.54) is 35.5 Å². The zero-order valence-electron chi connectivity index (χ0n) is 16.9. The first-order chi connectivity index (χ1) is 15.5. The van der Waals surface area contributed by atoms with Crippen LogP contribution in [0.4, 0.5) is 5.69 Å². The predicted octanol–water partition coefficient (Wildman–Crippen LogP) is 6.57. The van der Waals surface area contributed by atoms with Crippen LogP contribution in [0, 0.1) is 17.8 Å². The number of amides is 1. The van der Waals surface area contributed by atoms with Gasteiger partial charge in [0.05, 0.1) is 15.1 Å². The van der Waals surface area contributed by atoms with Gasteiger partial charge in [-0.15, -0.1) is 23.1 Å². The highest BCUT2D eigenvalue weighted by Gasteiger charge is 2.55. The molecular weight excluding hydrogens is 503 g/mol. The van der Waals surface area contributed by atoms with E-state index in [-0.39, 0.29) is 23.2 Å². The number of nitrogens with zero attached hydrogens (tertiary/aromatic N) is 1. The molecule has 0 saturated heterocycles. The molecule has 3 aromatic rings. The van der Waals surface area contributed by atoms with Gasteiger partial charge in [0.25, 0.3) is 0 Å². The first-order valence-corrected chi connectivity index (χ1v) is 14.0. The Balaban J connectivity index is 1.33. The fraction of sp³-hybridized carbons (Fsp3) is 0.391. The molecule has 3 aliphatic rings. The van der Waals surface area contributed by atoms with Gasteiger partial charge in [-0.05, 0) is 66.7 Å².